The topological polar surface area (TPSA) is 41.9 Å². The summed E-state index contributed by atoms with van der Waals surface area (Å²) < 4.78 is 0. The molecule has 0 aromatic carbocycles. The molecule has 2 aromatic rings. The second kappa shape index (κ2) is 7.16. The van der Waals surface area contributed by atoms with Crippen LogP contribution in [-0.2, 0) is 19.5 Å². The van der Waals surface area contributed by atoms with Crippen molar-refractivity contribution >= 4 is 11.6 Å². The minimum atomic E-state index is 0.548. The summed E-state index contributed by atoms with van der Waals surface area (Å²) in [5, 5.41) is 0.548. The van der Waals surface area contributed by atoms with E-state index in [1.165, 1.54) is 48.9 Å². The number of pyridine rings is 1. The molecule has 0 N–H and O–H groups in total. The number of hydrogen-bond acceptors (Lipinski definition) is 4. The molecular formula is C19H23ClN4. The molecular weight excluding hydrogens is 320 g/mol. The predicted molar refractivity (Wildman–Crippen MR) is 94.9 cm³/mol. The molecule has 0 bridgehead atoms. The molecule has 2 aliphatic rings. The number of aromatic nitrogens is 3. The van der Waals surface area contributed by atoms with Crippen molar-refractivity contribution in [2.75, 3.05) is 6.54 Å². The van der Waals surface area contributed by atoms with Crippen LogP contribution in [0.25, 0.3) is 0 Å². The predicted octanol–water partition coefficient (Wildman–Crippen LogP) is 4.13. The molecule has 4 rings (SSSR count). The van der Waals surface area contributed by atoms with Crippen molar-refractivity contribution in [2.45, 2.75) is 57.5 Å². The van der Waals surface area contributed by atoms with E-state index < -0.39 is 0 Å². The van der Waals surface area contributed by atoms with Crippen molar-refractivity contribution in [1.82, 2.24) is 19.9 Å². The van der Waals surface area contributed by atoms with Gasteiger partial charge in [-0.1, -0.05) is 36.9 Å². The van der Waals surface area contributed by atoms with E-state index in [-0.39, 0.29) is 0 Å². The van der Waals surface area contributed by atoms with Gasteiger partial charge in [0.05, 0.1) is 0 Å². The lowest BCUT2D eigenvalue weighted by atomic mass is 9.88. The molecule has 2 aromatic heterocycles. The molecule has 1 fully saturated rings. The van der Waals surface area contributed by atoms with Gasteiger partial charge in [0.25, 0.3) is 0 Å². The fraction of sp³-hybridized carbons (Fsp3) is 0.526. The van der Waals surface area contributed by atoms with Crippen molar-refractivity contribution in [3.8, 4) is 0 Å². The number of fused-ring (bicyclic) bond motifs is 1. The summed E-state index contributed by atoms with van der Waals surface area (Å²) in [4.78, 5) is 16.2. The molecule has 0 unspecified atom stereocenters. The van der Waals surface area contributed by atoms with Gasteiger partial charge in [0.15, 0.2) is 0 Å². The van der Waals surface area contributed by atoms with Gasteiger partial charge in [0.2, 0.25) is 0 Å². The van der Waals surface area contributed by atoms with Gasteiger partial charge in [-0.3, -0.25) is 4.90 Å². The van der Waals surface area contributed by atoms with E-state index in [1.54, 1.807) is 0 Å². The third kappa shape index (κ3) is 3.60. The maximum absolute atomic E-state index is 5.86. The van der Waals surface area contributed by atoms with Gasteiger partial charge in [-0.05, 0) is 24.5 Å². The Labute approximate surface area is 148 Å². The van der Waals surface area contributed by atoms with Crippen molar-refractivity contribution in [1.29, 1.82) is 0 Å². The molecule has 0 amide bonds. The lowest BCUT2D eigenvalue weighted by Crippen LogP contribution is -2.31. The Balaban J connectivity index is 1.44. The van der Waals surface area contributed by atoms with Crippen LogP contribution in [-0.4, -0.2) is 26.4 Å². The Bertz CT molecular complexity index is 695. The maximum atomic E-state index is 5.86. The summed E-state index contributed by atoms with van der Waals surface area (Å²) >= 11 is 5.86. The Morgan fingerprint density at radius 3 is 2.75 bits per heavy atom. The first-order valence-corrected chi connectivity index (χ1v) is 9.33. The quantitative estimate of drug-likeness (QED) is 0.786. The SMILES string of the molecule is Clc1ccc(CN2CCc3nc(C4CCCCC4)ncc3C2)cn1. The smallest absolute Gasteiger partial charge is 0.131 e. The van der Waals surface area contributed by atoms with Gasteiger partial charge in [-0.15, -0.1) is 0 Å². The first-order chi connectivity index (χ1) is 11.8. The Morgan fingerprint density at radius 1 is 1.08 bits per heavy atom. The van der Waals surface area contributed by atoms with E-state index in [1.807, 2.05) is 18.3 Å². The molecule has 4 nitrogen and oxygen atoms in total. The number of hydrogen-bond donors (Lipinski definition) is 0. The highest BCUT2D eigenvalue weighted by Gasteiger charge is 2.22. The molecule has 0 saturated heterocycles. The summed E-state index contributed by atoms with van der Waals surface area (Å²) in [5.74, 6) is 1.67. The molecule has 126 valence electrons. The summed E-state index contributed by atoms with van der Waals surface area (Å²) in [6.45, 7) is 2.85. The monoisotopic (exact) mass is 342 g/mol. The molecule has 1 aliphatic carbocycles. The maximum Gasteiger partial charge on any atom is 0.131 e. The zero-order valence-corrected chi connectivity index (χ0v) is 14.7. The van der Waals surface area contributed by atoms with E-state index in [9.17, 15) is 0 Å². The van der Waals surface area contributed by atoms with Crippen molar-refractivity contribution in [3.63, 3.8) is 0 Å². The zero-order valence-electron chi connectivity index (χ0n) is 13.9. The zero-order chi connectivity index (χ0) is 16.4. The normalized spacial score (nSPS) is 19.2. The van der Waals surface area contributed by atoms with E-state index in [2.05, 4.69) is 16.1 Å². The minimum Gasteiger partial charge on any atom is -0.294 e. The van der Waals surface area contributed by atoms with Crippen LogP contribution in [0.5, 0.6) is 0 Å². The van der Waals surface area contributed by atoms with Crippen molar-refractivity contribution in [3.05, 3.63) is 52.3 Å². The Kier molecular flexibility index (Phi) is 4.76. The van der Waals surface area contributed by atoms with Crippen LogP contribution in [0.15, 0.2) is 24.5 Å². The lowest BCUT2D eigenvalue weighted by Gasteiger charge is -2.29. The third-order valence-electron chi connectivity index (χ3n) is 5.20. The van der Waals surface area contributed by atoms with Crippen molar-refractivity contribution < 1.29 is 0 Å². The van der Waals surface area contributed by atoms with Crippen LogP contribution in [0.2, 0.25) is 5.15 Å². The summed E-state index contributed by atoms with van der Waals surface area (Å²) in [5.41, 5.74) is 3.74. The molecule has 0 atom stereocenters. The van der Waals surface area contributed by atoms with E-state index in [0.29, 0.717) is 11.1 Å². The first kappa shape index (κ1) is 16.0. The summed E-state index contributed by atoms with van der Waals surface area (Å²) in [7, 11) is 0. The van der Waals surface area contributed by atoms with Gasteiger partial charge in [0.1, 0.15) is 11.0 Å². The highest BCUT2D eigenvalue weighted by molar-refractivity contribution is 6.29. The van der Waals surface area contributed by atoms with Crippen LogP contribution >= 0.6 is 11.6 Å². The van der Waals surface area contributed by atoms with Gasteiger partial charge in [0, 0.05) is 55.6 Å². The van der Waals surface area contributed by atoms with E-state index >= 15 is 0 Å². The van der Waals surface area contributed by atoms with E-state index in [4.69, 9.17) is 21.6 Å². The Morgan fingerprint density at radius 2 is 1.96 bits per heavy atom. The molecule has 3 heterocycles. The summed E-state index contributed by atoms with van der Waals surface area (Å²) in [6.07, 6.45) is 11.5. The largest absolute Gasteiger partial charge is 0.294 e. The molecule has 0 spiro atoms. The number of halogens is 1. The van der Waals surface area contributed by atoms with Gasteiger partial charge >= 0.3 is 0 Å². The Hall–Kier alpha value is -1.52. The fourth-order valence-corrected chi connectivity index (χ4v) is 3.95. The van der Waals surface area contributed by atoms with Crippen LogP contribution in [0, 0.1) is 0 Å². The average Bonchev–Trinajstić information content (AvgIpc) is 2.64. The molecule has 1 saturated carbocycles. The lowest BCUT2D eigenvalue weighted by molar-refractivity contribution is 0.242. The van der Waals surface area contributed by atoms with Crippen LogP contribution < -0.4 is 0 Å². The van der Waals surface area contributed by atoms with Crippen LogP contribution in [0.1, 0.15) is 60.7 Å². The number of rotatable bonds is 3. The highest BCUT2D eigenvalue weighted by Crippen LogP contribution is 2.31. The van der Waals surface area contributed by atoms with E-state index in [0.717, 1.165) is 31.9 Å². The van der Waals surface area contributed by atoms with Gasteiger partial charge in [-0.25, -0.2) is 15.0 Å². The minimum absolute atomic E-state index is 0.548. The molecule has 5 heteroatoms. The second-order valence-corrected chi connectivity index (χ2v) is 7.37. The fourth-order valence-electron chi connectivity index (χ4n) is 3.84. The first-order valence-electron chi connectivity index (χ1n) is 8.95. The number of nitrogens with zero attached hydrogens (tertiary/aromatic N) is 4. The molecule has 24 heavy (non-hydrogen) atoms. The molecule has 1 aliphatic heterocycles. The van der Waals surface area contributed by atoms with Gasteiger partial charge < -0.3 is 0 Å². The standard InChI is InChI=1S/C19H23ClN4/c20-18-7-6-14(10-21-18)12-24-9-8-17-16(13-24)11-22-19(23-17)15-4-2-1-3-5-15/h6-7,10-11,15H,1-5,8-9,12-13H2. The van der Waals surface area contributed by atoms with Gasteiger partial charge in [-0.2, -0.15) is 0 Å². The second-order valence-electron chi connectivity index (χ2n) is 6.98. The van der Waals surface area contributed by atoms with Crippen molar-refractivity contribution in [2.24, 2.45) is 0 Å². The van der Waals surface area contributed by atoms with Crippen LogP contribution in [0.3, 0.4) is 0 Å². The highest BCUT2D eigenvalue weighted by atomic mass is 35.5. The third-order valence-corrected chi connectivity index (χ3v) is 5.42. The average molecular weight is 343 g/mol. The molecule has 0 radical (unpaired) electrons. The summed E-state index contributed by atoms with van der Waals surface area (Å²) in [6, 6.07) is 3.90. The van der Waals surface area contributed by atoms with Crippen LogP contribution in [0.4, 0.5) is 0 Å².